The molecule has 7 heteroatoms. The van der Waals surface area contributed by atoms with Crippen LogP contribution in [-0.4, -0.2) is 34.8 Å². The molecule has 0 amide bonds. The quantitative estimate of drug-likeness (QED) is 0.393. The van der Waals surface area contributed by atoms with Crippen LogP contribution >= 0.6 is 11.6 Å². The van der Waals surface area contributed by atoms with Crippen LogP contribution < -0.4 is 4.74 Å². The van der Waals surface area contributed by atoms with Crippen molar-refractivity contribution in [2.75, 3.05) is 13.2 Å². The van der Waals surface area contributed by atoms with Crippen LogP contribution in [0, 0.1) is 35.5 Å². The van der Waals surface area contributed by atoms with E-state index in [4.69, 9.17) is 16.3 Å². The molecule has 8 bridgehead atoms. The zero-order chi connectivity index (χ0) is 23.8. The maximum atomic E-state index is 14.6. The average molecular weight is 536 g/mol. The lowest BCUT2D eigenvalue weighted by molar-refractivity contribution is 0.0324. The summed E-state index contributed by atoms with van der Waals surface area (Å²) >= 11 is 6.33. The number of rotatable bonds is 8. The predicted octanol–water partition coefficient (Wildman–Crippen LogP) is 6.29. The third-order valence-electron chi connectivity index (χ3n) is 10.4. The highest BCUT2D eigenvalue weighted by Gasteiger charge is 2.59. The lowest BCUT2D eigenvalue weighted by Gasteiger charge is -2.58. The minimum atomic E-state index is -1.25. The Labute approximate surface area is 220 Å². The molecule has 8 fully saturated rings. The summed E-state index contributed by atoms with van der Waals surface area (Å²) in [6.45, 7) is 0.799. The van der Waals surface area contributed by atoms with Gasteiger partial charge in [-0.2, -0.15) is 0 Å². The molecule has 0 unspecified atom stereocenters. The van der Waals surface area contributed by atoms with E-state index in [1.165, 1.54) is 38.5 Å². The lowest BCUT2D eigenvalue weighted by Crippen LogP contribution is -2.60. The van der Waals surface area contributed by atoms with E-state index < -0.39 is 22.0 Å². The maximum absolute atomic E-state index is 14.6. The van der Waals surface area contributed by atoms with Crippen LogP contribution in [0.1, 0.15) is 77.0 Å². The van der Waals surface area contributed by atoms with Crippen LogP contribution in [0.2, 0.25) is 5.02 Å². The Morgan fingerprint density at radius 1 is 0.743 bits per heavy atom. The van der Waals surface area contributed by atoms with E-state index in [2.05, 4.69) is 0 Å². The summed E-state index contributed by atoms with van der Waals surface area (Å²) in [4.78, 5) is 0. The number of benzene rings is 1. The van der Waals surface area contributed by atoms with Crippen LogP contribution in [0.4, 0.5) is 0 Å². The van der Waals surface area contributed by atoms with Gasteiger partial charge in [0.1, 0.15) is 34.3 Å². The SMILES string of the molecule is O=[S@](N(CCOc1ccccc1Cl)[S@](=O)C12CC3CC(CC(C3)C1)C2)C12CC3CC(CC(C3)C1)C2. The van der Waals surface area contributed by atoms with Crippen molar-refractivity contribution >= 4 is 33.6 Å². The Kier molecular flexibility index (Phi) is 5.96. The molecule has 2 atom stereocenters. The fraction of sp³-hybridized carbons (Fsp3) is 0.786. The summed E-state index contributed by atoms with van der Waals surface area (Å²) in [5, 5.41) is 0.587. The summed E-state index contributed by atoms with van der Waals surface area (Å²) in [5.74, 6) is 4.98. The van der Waals surface area contributed by atoms with E-state index in [1.807, 2.05) is 28.0 Å². The first kappa shape index (κ1) is 23.7. The minimum absolute atomic E-state index is 0.170. The summed E-state index contributed by atoms with van der Waals surface area (Å²) in [5.41, 5.74) is 0. The van der Waals surface area contributed by atoms with Crippen LogP contribution in [-0.2, 0) is 22.0 Å². The van der Waals surface area contributed by atoms with Gasteiger partial charge in [-0.15, -0.1) is 3.71 Å². The van der Waals surface area contributed by atoms with Gasteiger partial charge in [0.05, 0.1) is 21.1 Å². The molecule has 8 saturated carbocycles. The third kappa shape index (κ3) is 4.08. The minimum Gasteiger partial charge on any atom is -0.491 e. The first-order valence-corrected chi connectivity index (χ1v) is 16.5. The standard InChI is InChI=1S/C28H38ClNO3S2/c29-25-3-1-2-4-26(25)33-6-5-30(34(31)27-13-19-7-20(14-27)9-21(8-19)15-27)35(32)28-16-22-10-23(17-28)12-24(11-22)18-28/h1-4,19-24H,5-18H2/t19?,20?,21?,22?,23?,24?,27?,28?,34-,35+. The highest BCUT2D eigenvalue weighted by molar-refractivity contribution is 7.99. The van der Waals surface area contributed by atoms with Gasteiger partial charge in [0, 0.05) is 0 Å². The fourth-order valence-corrected chi connectivity index (χ4v) is 15.2. The highest BCUT2D eigenvalue weighted by atomic mass is 35.5. The molecule has 35 heavy (non-hydrogen) atoms. The van der Waals surface area contributed by atoms with Crippen molar-refractivity contribution in [2.45, 2.75) is 86.5 Å². The van der Waals surface area contributed by atoms with Gasteiger partial charge >= 0.3 is 0 Å². The van der Waals surface area contributed by atoms with E-state index >= 15 is 0 Å². The van der Waals surface area contributed by atoms with E-state index in [0.29, 0.717) is 23.9 Å². The second kappa shape index (κ2) is 8.81. The number of hydrogen-bond acceptors (Lipinski definition) is 3. The predicted molar refractivity (Wildman–Crippen MR) is 142 cm³/mol. The van der Waals surface area contributed by atoms with E-state index in [1.54, 1.807) is 0 Å². The summed E-state index contributed by atoms with van der Waals surface area (Å²) in [7, 11) is -2.50. The molecule has 0 N–H and O–H groups in total. The van der Waals surface area contributed by atoms with Crippen molar-refractivity contribution in [1.82, 2.24) is 3.71 Å². The van der Waals surface area contributed by atoms with Gasteiger partial charge in [-0.25, -0.2) is 8.42 Å². The van der Waals surface area contributed by atoms with Crippen molar-refractivity contribution in [1.29, 1.82) is 0 Å². The van der Waals surface area contributed by atoms with Gasteiger partial charge in [-0.3, -0.25) is 0 Å². The van der Waals surface area contributed by atoms with E-state index in [9.17, 15) is 8.42 Å². The number of nitrogens with zero attached hydrogens (tertiary/aromatic N) is 1. The molecule has 9 rings (SSSR count). The molecule has 0 aromatic heterocycles. The zero-order valence-electron chi connectivity index (χ0n) is 20.5. The van der Waals surface area contributed by atoms with Crippen molar-refractivity contribution in [3.63, 3.8) is 0 Å². The first-order valence-electron chi connectivity index (χ1n) is 13.9. The van der Waals surface area contributed by atoms with Gasteiger partial charge in [-0.1, -0.05) is 23.7 Å². The van der Waals surface area contributed by atoms with Gasteiger partial charge in [0.15, 0.2) is 0 Å². The van der Waals surface area contributed by atoms with Crippen LogP contribution in [0.5, 0.6) is 5.75 Å². The molecule has 192 valence electrons. The Balaban J connectivity index is 1.17. The largest absolute Gasteiger partial charge is 0.491 e. The smallest absolute Gasteiger partial charge is 0.137 e. The second-order valence-electron chi connectivity index (χ2n) is 13.0. The first-order chi connectivity index (χ1) is 16.9. The second-order valence-corrected chi connectivity index (χ2v) is 17.3. The van der Waals surface area contributed by atoms with Gasteiger partial charge in [-0.05, 0) is 125 Å². The van der Waals surface area contributed by atoms with Crippen molar-refractivity contribution in [2.24, 2.45) is 35.5 Å². The summed E-state index contributed by atoms with van der Waals surface area (Å²) in [6, 6.07) is 7.51. The normalized spacial score (nSPS) is 44.6. The fourth-order valence-electron chi connectivity index (χ4n) is 9.94. The molecular formula is C28H38ClNO3S2. The number of halogens is 1. The van der Waals surface area contributed by atoms with E-state index in [0.717, 1.165) is 74.0 Å². The monoisotopic (exact) mass is 535 g/mol. The lowest BCUT2D eigenvalue weighted by atomic mass is 9.56. The highest BCUT2D eigenvalue weighted by Crippen LogP contribution is 2.61. The van der Waals surface area contributed by atoms with Crippen LogP contribution in [0.15, 0.2) is 24.3 Å². The topological polar surface area (TPSA) is 46.6 Å². The van der Waals surface area contributed by atoms with Crippen LogP contribution in [0.25, 0.3) is 0 Å². The molecule has 1 aromatic carbocycles. The maximum Gasteiger partial charge on any atom is 0.137 e. The molecule has 4 nitrogen and oxygen atoms in total. The Hall–Kier alpha value is -0.430. The molecule has 0 saturated heterocycles. The summed E-state index contributed by atoms with van der Waals surface area (Å²) in [6.07, 6.45) is 14.3. The van der Waals surface area contributed by atoms with Gasteiger partial charge in [0.25, 0.3) is 0 Å². The average Bonchev–Trinajstić information content (AvgIpc) is 2.80. The third-order valence-corrected chi connectivity index (χ3v) is 15.2. The Bertz CT molecular complexity index is 918. The van der Waals surface area contributed by atoms with Crippen molar-refractivity contribution in [3.8, 4) is 5.75 Å². The number of ether oxygens (including phenoxy) is 1. The molecule has 8 aliphatic carbocycles. The molecule has 0 aliphatic heterocycles. The van der Waals surface area contributed by atoms with Gasteiger partial charge < -0.3 is 4.74 Å². The van der Waals surface area contributed by atoms with Gasteiger partial charge in [0.2, 0.25) is 0 Å². The van der Waals surface area contributed by atoms with Crippen molar-refractivity contribution in [3.05, 3.63) is 29.3 Å². The molecule has 0 heterocycles. The Morgan fingerprint density at radius 3 is 1.54 bits per heavy atom. The zero-order valence-corrected chi connectivity index (χ0v) is 22.9. The number of para-hydroxylation sites is 1. The molecule has 8 aliphatic rings. The molecule has 1 aromatic rings. The van der Waals surface area contributed by atoms with Crippen molar-refractivity contribution < 1.29 is 13.2 Å². The molecule has 0 spiro atoms. The summed E-state index contributed by atoms with van der Waals surface area (Å²) < 4.78 is 36.9. The molecular weight excluding hydrogens is 498 g/mol. The molecule has 0 radical (unpaired) electrons. The van der Waals surface area contributed by atoms with Crippen LogP contribution in [0.3, 0.4) is 0 Å². The Morgan fingerprint density at radius 2 is 1.14 bits per heavy atom. The number of hydrogen-bond donors (Lipinski definition) is 0. The van der Waals surface area contributed by atoms with E-state index in [-0.39, 0.29) is 9.49 Å².